The maximum atomic E-state index is 12.1. The van der Waals surface area contributed by atoms with E-state index in [9.17, 15) is 9.59 Å². The van der Waals surface area contributed by atoms with Crippen molar-refractivity contribution >= 4 is 11.9 Å². The minimum atomic E-state index is -1.16. The van der Waals surface area contributed by atoms with Gasteiger partial charge in [-0.15, -0.1) is 0 Å². The number of carbonyl (C=O) groups excluding carboxylic acids is 1. The molecule has 0 spiro atoms. The second-order valence-corrected chi connectivity index (χ2v) is 4.01. The molecular formula is C13H12N2O4. The molecule has 98 valence electrons. The Balaban J connectivity index is 2.14. The highest BCUT2D eigenvalue weighted by Crippen LogP contribution is 2.08. The monoisotopic (exact) mass is 260 g/mol. The molecule has 2 aromatic heterocycles. The van der Waals surface area contributed by atoms with Gasteiger partial charge in [-0.25, -0.2) is 9.78 Å². The molecule has 6 heteroatoms. The average molecular weight is 260 g/mol. The summed E-state index contributed by atoms with van der Waals surface area (Å²) in [5.41, 5.74) is 0.804. The van der Waals surface area contributed by atoms with Crippen molar-refractivity contribution in [3.63, 3.8) is 0 Å². The molecule has 0 saturated heterocycles. The number of aromatic nitrogens is 1. The topological polar surface area (TPSA) is 83.6 Å². The lowest BCUT2D eigenvalue weighted by atomic mass is 10.2. The number of carbonyl (C=O) groups is 2. The first-order valence-corrected chi connectivity index (χ1v) is 5.55. The predicted molar refractivity (Wildman–Crippen MR) is 65.7 cm³/mol. The molecule has 0 fully saturated rings. The molecule has 0 unspecified atom stereocenters. The van der Waals surface area contributed by atoms with Crippen molar-refractivity contribution in [3.8, 4) is 0 Å². The standard InChI is InChI=1S/C13H12N2O4/c1-15(7-9-5-6-19-8-9)12(16)10-3-2-4-11(14-10)13(17)18/h2-6,8H,7H2,1H3,(H,17,18). The van der Waals surface area contributed by atoms with E-state index >= 15 is 0 Å². The second-order valence-electron chi connectivity index (χ2n) is 4.01. The van der Waals surface area contributed by atoms with Gasteiger partial charge in [-0.1, -0.05) is 6.07 Å². The Labute approximate surface area is 109 Å². The molecule has 1 N–H and O–H groups in total. The van der Waals surface area contributed by atoms with Gasteiger partial charge in [0.25, 0.3) is 5.91 Å². The second kappa shape index (κ2) is 5.34. The molecule has 0 radical (unpaired) electrons. The van der Waals surface area contributed by atoms with Crippen LogP contribution in [0.2, 0.25) is 0 Å². The molecule has 0 atom stereocenters. The minimum Gasteiger partial charge on any atom is -0.477 e. The molecule has 2 heterocycles. The van der Waals surface area contributed by atoms with Crippen LogP contribution in [-0.2, 0) is 6.54 Å². The first kappa shape index (κ1) is 12.8. The van der Waals surface area contributed by atoms with Crippen LogP contribution in [0.3, 0.4) is 0 Å². The van der Waals surface area contributed by atoms with Gasteiger partial charge in [0.2, 0.25) is 0 Å². The number of aromatic carboxylic acids is 1. The summed E-state index contributed by atoms with van der Waals surface area (Å²) in [7, 11) is 1.62. The van der Waals surface area contributed by atoms with Crippen molar-refractivity contribution in [1.29, 1.82) is 0 Å². The lowest BCUT2D eigenvalue weighted by molar-refractivity contribution is 0.0690. The van der Waals surface area contributed by atoms with E-state index in [-0.39, 0.29) is 17.3 Å². The number of furan rings is 1. The van der Waals surface area contributed by atoms with Gasteiger partial charge in [-0.3, -0.25) is 4.79 Å². The van der Waals surface area contributed by atoms with Gasteiger partial charge in [0, 0.05) is 19.2 Å². The van der Waals surface area contributed by atoms with Crippen LogP contribution in [0.1, 0.15) is 26.5 Å². The van der Waals surface area contributed by atoms with E-state index in [0.717, 1.165) is 5.56 Å². The van der Waals surface area contributed by atoms with Crippen molar-refractivity contribution in [2.24, 2.45) is 0 Å². The van der Waals surface area contributed by atoms with Gasteiger partial charge in [-0.2, -0.15) is 0 Å². The van der Waals surface area contributed by atoms with E-state index in [2.05, 4.69) is 4.98 Å². The van der Waals surface area contributed by atoms with Crippen molar-refractivity contribution in [1.82, 2.24) is 9.88 Å². The van der Waals surface area contributed by atoms with Crippen molar-refractivity contribution in [2.45, 2.75) is 6.54 Å². The third kappa shape index (κ3) is 2.98. The zero-order chi connectivity index (χ0) is 13.8. The number of carboxylic acid groups (broad SMARTS) is 1. The molecular weight excluding hydrogens is 248 g/mol. The van der Waals surface area contributed by atoms with Gasteiger partial charge < -0.3 is 14.4 Å². The first-order chi connectivity index (χ1) is 9.08. The maximum Gasteiger partial charge on any atom is 0.354 e. The lowest BCUT2D eigenvalue weighted by Crippen LogP contribution is -2.27. The van der Waals surface area contributed by atoms with E-state index in [4.69, 9.17) is 9.52 Å². The van der Waals surface area contributed by atoms with Crippen LogP contribution >= 0.6 is 0 Å². The number of nitrogens with zero attached hydrogens (tertiary/aromatic N) is 2. The average Bonchev–Trinajstić information content (AvgIpc) is 2.90. The van der Waals surface area contributed by atoms with Gasteiger partial charge in [0.1, 0.15) is 11.4 Å². The SMILES string of the molecule is CN(Cc1ccoc1)C(=O)c1cccc(C(=O)O)n1. The number of hydrogen-bond acceptors (Lipinski definition) is 4. The molecule has 0 saturated carbocycles. The van der Waals surface area contributed by atoms with Gasteiger partial charge in [0.05, 0.1) is 12.5 Å². The Morgan fingerprint density at radius 2 is 2.05 bits per heavy atom. The van der Waals surface area contributed by atoms with Gasteiger partial charge >= 0.3 is 5.97 Å². The Bertz CT molecular complexity index is 592. The first-order valence-electron chi connectivity index (χ1n) is 5.55. The zero-order valence-corrected chi connectivity index (χ0v) is 10.2. The third-order valence-corrected chi connectivity index (χ3v) is 2.53. The van der Waals surface area contributed by atoms with Crippen LogP contribution < -0.4 is 0 Å². The maximum absolute atomic E-state index is 12.1. The molecule has 0 aromatic carbocycles. The summed E-state index contributed by atoms with van der Waals surface area (Å²) >= 11 is 0. The predicted octanol–water partition coefficient (Wildman–Crippen LogP) is 1.65. The van der Waals surface area contributed by atoms with Crippen LogP contribution in [0, 0.1) is 0 Å². The van der Waals surface area contributed by atoms with E-state index in [1.807, 2.05) is 0 Å². The van der Waals surface area contributed by atoms with Crippen LogP contribution in [0.15, 0.2) is 41.2 Å². The van der Waals surface area contributed by atoms with E-state index < -0.39 is 5.97 Å². The van der Waals surface area contributed by atoms with E-state index in [0.29, 0.717) is 6.54 Å². The zero-order valence-electron chi connectivity index (χ0n) is 10.2. The van der Waals surface area contributed by atoms with Crippen LogP contribution in [0.4, 0.5) is 0 Å². The number of amides is 1. The molecule has 19 heavy (non-hydrogen) atoms. The molecule has 1 amide bonds. The smallest absolute Gasteiger partial charge is 0.354 e. The molecule has 0 aliphatic carbocycles. The molecule has 0 aliphatic heterocycles. The molecule has 2 aromatic rings. The summed E-state index contributed by atoms with van der Waals surface area (Å²) in [6.45, 7) is 0.369. The minimum absolute atomic E-state index is 0.103. The van der Waals surface area contributed by atoms with Crippen molar-refractivity contribution < 1.29 is 19.1 Å². The molecule has 0 aliphatic rings. The summed E-state index contributed by atoms with van der Waals surface area (Å²) in [5.74, 6) is -1.50. The van der Waals surface area contributed by atoms with Crippen LogP contribution in [0.25, 0.3) is 0 Å². The van der Waals surface area contributed by atoms with E-state index in [1.165, 1.54) is 29.4 Å². The number of rotatable bonds is 4. The van der Waals surface area contributed by atoms with Crippen molar-refractivity contribution in [3.05, 3.63) is 53.7 Å². The number of carboxylic acids is 1. The highest BCUT2D eigenvalue weighted by atomic mass is 16.4. The van der Waals surface area contributed by atoms with Crippen molar-refractivity contribution in [2.75, 3.05) is 7.05 Å². The van der Waals surface area contributed by atoms with Gasteiger partial charge in [0.15, 0.2) is 0 Å². The highest BCUT2D eigenvalue weighted by molar-refractivity contribution is 5.94. The fourth-order valence-corrected chi connectivity index (χ4v) is 1.60. The number of pyridine rings is 1. The summed E-state index contributed by atoms with van der Waals surface area (Å²) in [6.07, 6.45) is 3.07. The molecule has 0 bridgehead atoms. The summed E-state index contributed by atoms with van der Waals surface area (Å²) in [5, 5.41) is 8.84. The quantitative estimate of drug-likeness (QED) is 0.903. The molecule has 2 rings (SSSR count). The third-order valence-electron chi connectivity index (χ3n) is 2.53. The largest absolute Gasteiger partial charge is 0.477 e. The lowest BCUT2D eigenvalue weighted by Gasteiger charge is -2.15. The normalized spacial score (nSPS) is 10.2. The number of hydrogen-bond donors (Lipinski definition) is 1. The van der Waals surface area contributed by atoms with Crippen LogP contribution in [-0.4, -0.2) is 33.9 Å². The fourth-order valence-electron chi connectivity index (χ4n) is 1.60. The fraction of sp³-hybridized carbons (Fsp3) is 0.154. The van der Waals surface area contributed by atoms with Crippen LogP contribution in [0.5, 0.6) is 0 Å². The Hall–Kier alpha value is -2.63. The Kier molecular flexibility index (Phi) is 3.61. The Morgan fingerprint density at radius 3 is 2.68 bits per heavy atom. The van der Waals surface area contributed by atoms with E-state index in [1.54, 1.807) is 19.4 Å². The molecule has 6 nitrogen and oxygen atoms in total. The van der Waals surface area contributed by atoms with Gasteiger partial charge in [-0.05, 0) is 18.2 Å². The summed E-state index contributed by atoms with van der Waals surface area (Å²) < 4.78 is 4.92. The highest BCUT2D eigenvalue weighted by Gasteiger charge is 2.15. The summed E-state index contributed by atoms with van der Waals surface area (Å²) in [6, 6.07) is 6.08. The Morgan fingerprint density at radius 1 is 1.32 bits per heavy atom. The summed E-state index contributed by atoms with van der Waals surface area (Å²) in [4.78, 5) is 28.1.